The fraction of sp³-hybridized carbons (Fsp3) is 0.0435. The Kier molecular flexibility index (Phi) is 5.80. The molecule has 0 aliphatic rings. The molecule has 3 aromatic rings. The van der Waals surface area contributed by atoms with Crippen LogP contribution in [0.3, 0.4) is 0 Å². The number of anilines is 1. The second-order valence-electron chi connectivity index (χ2n) is 5.85. The first-order chi connectivity index (χ1) is 13.2. The Morgan fingerprint density at radius 2 is 1.41 bits per heavy atom. The third-order valence-electron chi connectivity index (χ3n) is 3.98. The zero-order chi connectivity index (χ0) is 19.1. The van der Waals surface area contributed by atoms with Crippen molar-refractivity contribution in [3.8, 4) is 5.75 Å². The van der Waals surface area contributed by atoms with Crippen LogP contribution >= 0.6 is 0 Å². The molecule has 4 heteroatoms. The van der Waals surface area contributed by atoms with E-state index >= 15 is 0 Å². The molecule has 0 aliphatic heterocycles. The average molecular weight is 357 g/mol. The topological polar surface area (TPSA) is 55.4 Å². The van der Waals surface area contributed by atoms with Gasteiger partial charge in [-0.1, -0.05) is 60.7 Å². The highest BCUT2D eigenvalue weighted by Gasteiger charge is 2.20. The van der Waals surface area contributed by atoms with Crippen LogP contribution in [0.4, 0.5) is 5.69 Å². The number of hydrogen-bond donors (Lipinski definition) is 1. The summed E-state index contributed by atoms with van der Waals surface area (Å²) in [6.45, 7) is 0. The molecule has 0 spiro atoms. The van der Waals surface area contributed by atoms with Gasteiger partial charge in [-0.2, -0.15) is 0 Å². The molecule has 134 valence electrons. The van der Waals surface area contributed by atoms with Gasteiger partial charge < -0.3 is 10.1 Å². The summed E-state index contributed by atoms with van der Waals surface area (Å²) in [5.74, 6) is -0.0810. The first-order valence-electron chi connectivity index (χ1n) is 8.49. The number of hydrogen-bond acceptors (Lipinski definition) is 3. The minimum absolute atomic E-state index is 0.0650. The van der Waals surface area contributed by atoms with Crippen LogP contribution in [0.15, 0.2) is 90.5 Å². The molecule has 4 nitrogen and oxygen atoms in total. The van der Waals surface area contributed by atoms with E-state index in [0.717, 1.165) is 5.56 Å². The molecule has 0 atom stereocenters. The van der Waals surface area contributed by atoms with E-state index in [9.17, 15) is 9.59 Å². The number of benzene rings is 3. The highest BCUT2D eigenvalue weighted by Crippen LogP contribution is 2.18. The van der Waals surface area contributed by atoms with Gasteiger partial charge in [0.2, 0.25) is 0 Å². The number of amides is 1. The number of rotatable bonds is 6. The molecular formula is C23H19NO3. The molecule has 0 aliphatic carbocycles. The molecule has 1 amide bonds. The number of methoxy groups -OCH3 is 1. The number of nitrogens with one attached hydrogen (secondary N) is 1. The lowest BCUT2D eigenvalue weighted by molar-refractivity contribution is -0.112. The molecule has 0 saturated heterocycles. The Labute approximate surface area is 158 Å². The zero-order valence-electron chi connectivity index (χ0n) is 14.9. The number of ketones is 1. The first kappa shape index (κ1) is 18.1. The maximum Gasteiger partial charge on any atom is 0.259 e. The van der Waals surface area contributed by atoms with Crippen molar-refractivity contribution in [2.24, 2.45) is 0 Å². The normalized spacial score (nSPS) is 10.9. The van der Waals surface area contributed by atoms with Crippen molar-refractivity contribution in [1.29, 1.82) is 0 Å². The summed E-state index contributed by atoms with van der Waals surface area (Å²) in [5.41, 5.74) is 1.89. The first-order valence-corrected chi connectivity index (χ1v) is 8.49. The van der Waals surface area contributed by atoms with Gasteiger partial charge in [-0.3, -0.25) is 9.59 Å². The number of ether oxygens (including phenoxy) is 1. The molecule has 3 aromatic carbocycles. The van der Waals surface area contributed by atoms with Crippen molar-refractivity contribution in [3.05, 3.63) is 102 Å². The van der Waals surface area contributed by atoms with Crippen molar-refractivity contribution >= 4 is 23.5 Å². The Morgan fingerprint density at radius 1 is 0.815 bits per heavy atom. The Balaban J connectivity index is 1.95. The van der Waals surface area contributed by atoms with Crippen molar-refractivity contribution in [3.63, 3.8) is 0 Å². The summed E-state index contributed by atoms with van der Waals surface area (Å²) in [7, 11) is 1.59. The number of carbonyl (C=O) groups excluding carboxylic acids is 2. The molecule has 0 saturated carbocycles. The lowest BCUT2D eigenvalue weighted by Gasteiger charge is -2.09. The third kappa shape index (κ3) is 4.70. The van der Waals surface area contributed by atoms with Gasteiger partial charge in [0.05, 0.1) is 12.7 Å². The van der Waals surface area contributed by atoms with Crippen LogP contribution in [0.1, 0.15) is 15.9 Å². The van der Waals surface area contributed by atoms with Crippen molar-refractivity contribution in [2.45, 2.75) is 0 Å². The van der Waals surface area contributed by atoms with Crippen LogP contribution in [0.5, 0.6) is 5.75 Å². The van der Waals surface area contributed by atoms with E-state index in [1.165, 1.54) is 0 Å². The molecular weight excluding hydrogens is 338 g/mol. The quantitative estimate of drug-likeness (QED) is 0.304. The minimum Gasteiger partial charge on any atom is -0.497 e. The zero-order valence-corrected chi connectivity index (χ0v) is 14.9. The summed E-state index contributed by atoms with van der Waals surface area (Å²) in [6.07, 6.45) is 1.59. The fourth-order valence-electron chi connectivity index (χ4n) is 2.57. The van der Waals surface area contributed by atoms with Gasteiger partial charge >= 0.3 is 0 Å². The maximum atomic E-state index is 13.0. The van der Waals surface area contributed by atoms with E-state index in [1.807, 2.05) is 24.3 Å². The highest BCUT2D eigenvalue weighted by atomic mass is 16.5. The van der Waals surface area contributed by atoms with E-state index in [4.69, 9.17) is 4.74 Å². The summed E-state index contributed by atoms with van der Waals surface area (Å²) in [4.78, 5) is 25.8. The van der Waals surface area contributed by atoms with Gasteiger partial charge in [-0.05, 0) is 35.9 Å². The molecule has 0 heterocycles. The SMILES string of the molecule is COc1ccc(/C=C(\C(=O)Nc2ccccc2)C(=O)c2ccccc2)cc1. The second-order valence-corrected chi connectivity index (χ2v) is 5.85. The van der Waals surface area contributed by atoms with Crippen LogP contribution in [0, 0.1) is 0 Å². The summed E-state index contributed by atoms with van der Waals surface area (Å²) < 4.78 is 5.15. The molecule has 0 bridgehead atoms. The summed E-state index contributed by atoms with van der Waals surface area (Å²) in [5, 5.41) is 2.78. The molecule has 1 N–H and O–H groups in total. The van der Waals surface area contributed by atoms with Gasteiger partial charge in [0.15, 0.2) is 5.78 Å². The van der Waals surface area contributed by atoms with Crippen LogP contribution in [0.25, 0.3) is 6.08 Å². The van der Waals surface area contributed by atoms with Gasteiger partial charge in [0.25, 0.3) is 5.91 Å². The predicted octanol–water partition coefficient (Wildman–Crippen LogP) is 4.60. The van der Waals surface area contributed by atoms with Crippen LogP contribution in [-0.4, -0.2) is 18.8 Å². The van der Waals surface area contributed by atoms with E-state index < -0.39 is 5.91 Å². The summed E-state index contributed by atoms with van der Waals surface area (Å²) in [6, 6.07) is 25.0. The second kappa shape index (κ2) is 8.63. The van der Waals surface area contributed by atoms with Crippen LogP contribution < -0.4 is 10.1 Å². The van der Waals surface area contributed by atoms with E-state index in [0.29, 0.717) is 17.0 Å². The van der Waals surface area contributed by atoms with E-state index in [1.54, 1.807) is 73.8 Å². The van der Waals surface area contributed by atoms with Crippen molar-refractivity contribution in [2.75, 3.05) is 12.4 Å². The van der Waals surface area contributed by atoms with Gasteiger partial charge in [-0.25, -0.2) is 0 Å². The lowest BCUT2D eigenvalue weighted by atomic mass is 10.00. The average Bonchev–Trinajstić information content (AvgIpc) is 2.73. The van der Waals surface area contributed by atoms with E-state index in [-0.39, 0.29) is 11.4 Å². The van der Waals surface area contributed by atoms with Crippen LogP contribution in [0.2, 0.25) is 0 Å². The lowest BCUT2D eigenvalue weighted by Crippen LogP contribution is -2.20. The molecule has 27 heavy (non-hydrogen) atoms. The minimum atomic E-state index is -0.453. The number of para-hydroxylation sites is 1. The molecule has 0 unspecified atom stereocenters. The summed E-state index contributed by atoms with van der Waals surface area (Å²) >= 11 is 0. The maximum absolute atomic E-state index is 13.0. The molecule has 0 radical (unpaired) electrons. The smallest absolute Gasteiger partial charge is 0.259 e. The number of carbonyl (C=O) groups is 2. The molecule has 0 aromatic heterocycles. The molecule has 3 rings (SSSR count). The Hall–Kier alpha value is -3.66. The highest BCUT2D eigenvalue weighted by molar-refractivity contribution is 6.31. The standard InChI is InChI=1S/C23H19NO3/c1-27-20-14-12-17(13-15-20)16-21(22(25)18-8-4-2-5-9-18)23(26)24-19-10-6-3-7-11-19/h2-16H,1H3,(H,24,26)/b21-16-. The van der Waals surface area contributed by atoms with Gasteiger partial charge in [-0.15, -0.1) is 0 Å². The van der Waals surface area contributed by atoms with Gasteiger partial charge in [0.1, 0.15) is 5.75 Å². The predicted molar refractivity (Wildman–Crippen MR) is 107 cm³/mol. The third-order valence-corrected chi connectivity index (χ3v) is 3.98. The van der Waals surface area contributed by atoms with Gasteiger partial charge in [0, 0.05) is 11.3 Å². The van der Waals surface area contributed by atoms with Crippen LogP contribution in [-0.2, 0) is 4.79 Å². The monoisotopic (exact) mass is 357 g/mol. The molecule has 0 fully saturated rings. The Bertz CT molecular complexity index is 946. The Morgan fingerprint density at radius 3 is 2.00 bits per heavy atom. The van der Waals surface area contributed by atoms with Crippen molar-refractivity contribution in [1.82, 2.24) is 0 Å². The van der Waals surface area contributed by atoms with Crippen molar-refractivity contribution < 1.29 is 14.3 Å². The largest absolute Gasteiger partial charge is 0.497 e. The fourth-order valence-corrected chi connectivity index (χ4v) is 2.57. The van der Waals surface area contributed by atoms with E-state index in [2.05, 4.69) is 5.32 Å². The number of Topliss-reactive ketones (excluding diaryl/α,β-unsaturated/α-hetero) is 1.